The van der Waals surface area contributed by atoms with Gasteiger partial charge in [-0.1, -0.05) is 53.7 Å². The predicted octanol–water partition coefficient (Wildman–Crippen LogP) is 6.04. The number of rotatable bonds is 4. The Morgan fingerprint density at radius 1 is 1.33 bits per heavy atom. The van der Waals surface area contributed by atoms with Crippen LogP contribution >= 0.6 is 0 Å². The SMILES string of the molecule is CC(=O)O[C@H]1CCC/C(=C/C=C2\CCC[C@]3(C)C(CCC#CC(C)(C)O)=CCC23)C1. The van der Waals surface area contributed by atoms with Crippen molar-refractivity contribution in [3.63, 3.8) is 0 Å². The Balaban J connectivity index is 1.65. The molecule has 2 saturated carbocycles. The minimum absolute atomic E-state index is 0.0577. The summed E-state index contributed by atoms with van der Waals surface area (Å²) in [5.74, 6) is 6.54. The van der Waals surface area contributed by atoms with Gasteiger partial charge in [-0.3, -0.25) is 4.79 Å². The topological polar surface area (TPSA) is 46.5 Å². The predicted molar refractivity (Wildman–Crippen MR) is 122 cm³/mol. The lowest BCUT2D eigenvalue weighted by Crippen LogP contribution is -2.30. The maximum Gasteiger partial charge on any atom is 0.302 e. The third kappa shape index (κ3) is 5.88. The van der Waals surface area contributed by atoms with Crippen molar-refractivity contribution in [3.05, 3.63) is 34.9 Å². The first-order chi connectivity index (χ1) is 14.2. The molecule has 3 heteroatoms. The van der Waals surface area contributed by atoms with Crippen LogP contribution in [0.1, 0.15) is 91.9 Å². The van der Waals surface area contributed by atoms with E-state index in [1.165, 1.54) is 31.8 Å². The van der Waals surface area contributed by atoms with E-state index in [0.717, 1.165) is 44.9 Å². The minimum Gasteiger partial charge on any atom is -0.462 e. The number of hydrogen-bond donors (Lipinski definition) is 1. The summed E-state index contributed by atoms with van der Waals surface area (Å²) in [5.41, 5.74) is 3.91. The van der Waals surface area contributed by atoms with Gasteiger partial charge >= 0.3 is 5.97 Å². The van der Waals surface area contributed by atoms with E-state index >= 15 is 0 Å². The first kappa shape index (κ1) is 22.9. The number of aliphatic hydroxyl groups is 1. The van der Waals surface area contributed by atoms with E-state index in [9.17, 15) is 9.90 Å². The third-order valence-corrected chi connectivity index (χ3v) is 7.00. The second kappa shape index (κ2) is 9.56. The third-order valence-electron chi connectivity index (χ3n) is 7.00. The molecule has 2 fully saturated rings. The molecule has 0 heterocycles. The number of carbonyl (C=O) groups is 1. The number of hydrogen-bond acceptors (Lipinski definition) is 3. The summed E-state index contributed by atoms with van der Waals surface area (Å²) in [6.07, 6.45) is 18.0. The average molecular weight is 411 g/mol. The molecular formula is C27H38O3. The van der Waals surface area contributed by atoms with E-state index in [1.807, 2.05) is 0 Å². The molecular weight excluding hydrogens is 372 g/mol. The van der Waals surface area contributed by atoms with Crippen LogP contribution in [0.2, 0.25) is 0 Å². The molecule has 3 rings (SSSR count). The van der Waals surface area contributed by atoms with Gasteiger partial charge in [0, 0.05) is 19.8 Å². The van der Waals surface area contributed by atoms with E-state index < -0.39 is 5.60 Å². The zero-order chi connectivity index (χ0) is 21.8. The molecule has 0 radical (unpaired) electrons. The van der Waals surface area contributed by atoms with Crippen LogP contribution in [-0.4, -0.2) is 22.8 Å². The van der Waals surface area contributed by atoms with Crippen LogP contribution in [0.4, 0.5) is 0 Å². The Labute approximate surface area is 182 Å². The van der Waals surface area contributed by atoms with Gasteiger partial charge in [0.25, 0.3) is 0 Å². The Bertz CT molecular complexity index is 796. The average Bonchev–Trinajstić information content (AvgIpc) is 2.99. The van der Waals surface area contributed by atoms with Crippen LogP contribution in [0.25, 0.3) is 0 Å². The van der Waals surface area contributed by atoms with Gasteiger partial charge in [-0.05, 0) is 76.5 Å². The van der Waals surface area contributed by atoms with E-state index in [4.69, 9.17) is 4.74 Å². The number of allylic oxidation sites excluding steroid dienone is 5. The van der Waals surface area contributed by atoms with Crippen LogP contribution in [0.15, 0.2) is 34.9 Å². The highest BCUT2D eigenvalue weighted by Crippen LogP contribution is 2.55. The zero-order valence-corrected chi connectivity index (χ0v) is 19.2. The monoisotopic (exact) mass is 410 g/mol. The molecule has 30 heavy (non-hydrogen) atoms. The molecule has 0 aliphatic heterocycles. The number of carbonyl (C=O) groups excluding carboxylic acids is 1. The lowest BCUT2D eigenvalue weighted by molar-refractivity contribution is -0.147. The largest absolute Gasteiger partial charge is 0.462 e. The van der Waals surface area contributed by atoms with Gasteiger partial charge in [-0.15, -0.1) is 0 Å². The van der Waals surface area contributed by atoms with Crippen molar-refractivity contribution in [2.75, 3.05) is 0 Å². The number of ether oxygens (including phenoxy) is 1. The molecule has 0 bridgehead atoms. The normalized spacial score (nSPS) is 31.7. The summed E-state index contributed by atoms with van der Waals surface area (Å²) in [6, 6.07) is 0. The second-order valence-corrected chi connectivity index (χ2v) is 10.0. The lowest BCUT2D eigenvalue weighted by Gasteiger charge is -2.41. The molecule has 0 aromatic rings. The summed E-state index contributed by atoms with van der Waals surface area (Å²) < 4.78 is 5.44. The number of fused-ring (bicyclic) bond motifs is 1. The van der Waals surface area contributed by atoms with Crippen LogP contribution < -0.4 is 0 Å². The molecule has 1 unspecified atom stereocenters. The van der Waals surface area contributed by atoms with Crippen molar-refractivity contribution in [2.45, 2.75) is 104 Å². The summed E-state index contributed by atoms with van der Waals surface area (Å²) in [7, 11) is 0. The molecule has 3 aliphatic rings. The molecule has 0 aromatic heterocycles. The molecule has 3 atom stereocenters. The van der Waals surface area contributed by atoms with Crippen molar-refractivity contribution in [1.82, 2.24) is 0 Å². The Morgan fingerprint density at radius 2 is 2.13 bits per heavy atom. The van der Waals surface area contributed by atoms with E-state index in [2.05, 4.69) is 37.0 Å². The smallest absolute Gasteiger partial charge is 0.302 e. The Hall–Kier alpha value is -1.79. The fraction of sp³-hybridized carbons (Fsp3) is 0.667. The molecule has 0 saturated heterocycles. The summed E-state index contributed by atoms with van der Waals surface area (Å²) in [5, 5.41) is 9.78. The second-order valence-electron chi connectivity index (χ2n) is 10.0. The highest BCUT2D eigenvalue weighted by Gasteiger charge is 2.44. The maximum atomic E-state index is 11.3. The summed E-state index contributed by atoms with van der Waals surface area (Å²) in [4.78, 5) is 11.3. The van der Waals surface area contributed by atoms with E-state index in [1.54, 1.807) is 25.0 Å². The summed E-state index contributed by atoms with van der Waals surface area (Å²) in [6.45, 7) is 7.42. The molecule has 0 aromatic carbocycles. The van der Waals surface area contributed by atoms with Crippen molar-refractivity contribution in [2.24, 2.45) is 11.3 Å². The summed E-state index contributed by atoms with van der Waals surface area (Å²) >= 11 is 0. The fourth-order valence-electron chi connectivity index (χ4n) is 5.53. The van der Waals surface area contributed by atoms with Gasteiger partial charge in [0.05, 0.1) is 0 Å². The van der Waals surface area contributed by atoms with Crippen molar-refractivity contribution in [3.8, 4) is 11.8 Å². The van der Waals surface area contributed by atoms with Crippen molar-refractivity contribution >= 4 is 5.97 Å². The molecule has 0 spiro atoms. The van der Waals surface area contributed by atoms with Gasteiger partial charge in [-0.2, -0.15) is 0 Å². The van der Waals surface area contributed by atoms with Crippen molar-refractivity contribution in [1.29, 1.82) is 0 Å². The number of esters is 1. The zero-order valence-electron chi connectivity index (χ0n) is 19.2. The minimum atomic E-state index is -0.904. The maximum absolute atomic E-state index is 11.3. The standard InChI is InChI=1S/C27H38O3/c1-20(28)30-24-12-7-9-21(19-24)13-14-22-10-8-18-27(4)23(15-16-25(22)27)11-5-6-17-26(2,3)29/h13-15,24-25,29H,5,7-12,16,18-19H2,1-4H3/b21-13-,22-14+/t24-,25?,27+/m0/s1. The molecule has 3 nitrogen and oxygen atoms in total. The highest BCUT2D eigenvalue weighted by molar-refractivity contribution is 5.66. The first-order valence-electron chi connectivity index (χ1n) is 11.6. The molecule has 0 amide bonds. The van der Waals surface area contributed by atoms with E-state index in [-0.39, 0.29) is 17.5 Å². The van der Waals surface area contributed by atoms with Gasteiger partial charge in [0.2, 0.25) is 0 Å². The molecule has 3 aliphatic carbocycles. The van der Waals surface area contributed by atoms with Crippen LogP contribution in [0.3, 0.4) is 0 Å². The van der Waals surface area contributed by atoms with Gasteiger partial charge in [0.15, 0.2) is 0 Å². The molecule has 164 valence electrons. The Morgan fingerprint density at radius 3 is 2.87 bits per heavy atom. The molecule has 1 N–H and O–H groups in total. The van der Waals surface area contributed by atoms with Gasteiger partial charge < -0.3 is 9.84 Å². The quantitative estimate of drug-likeness (QED) is 0.349. The lowest BCUT2D eigenvalue weighted by atomic mass is 9.63. The van der Waals surface area contributed by atoms with E-state index in [0.29, 0.717) is 5.92 Å². The highest BCUT2D eigenvalue weighted by atomic mass is 16.5. The van der Waals surface area contributed by atoms with Crippen LogP contribution in [-0.2, 0) is 9.53 Å². The van der Waals surface area contributed by atoms with Crippen molar-refractivity contribution < 1.29 is 14.6 Å². The van der Waals surface area contributed by atoms with Crippen LogP contribution in [0, 0.1) is 23.2 Å². The Kier molecular flexibility index (Phi) is 7.30. The van der Waals surface area contributed by atoms with Gasteiger partial charge in [0.1, 0.15) is 11.7 Å². The first-order valence-corrected chi connectivity index (χ1v) is 11.6. The van der Waals surface area contributed by atoms with Crippen LogP contribution in [0.5, 0.6) is 0 Å². The van der Waals surface area contributed by atoms with Gasteiger partial charge in [-0.25, -0.2) is 0 Å². The fourth-order valence-corrected chi connectivity index (χ4v) is 5.53.